The number of aliphatic hydroxyl groups is 1. The first-order valence-corrected chi connectivity index (χ1v) is 11.8. The van der Waals surface area contributed by atoms with Crippen LogP contribution >= 0.6 is 12.4 Å². The number of hydrogen-bond acceptors (Lipinski definition) is 5. The molecule has 0 radical (unpaired) electrons. The maximum absolute atomic E-state index is 14.4. The average Bonchev–Trinajstić information content (AvgIpc) is 2.87. The van der Waals surface area contributed by atoms with E-state index in [4.69, 9.17) is 9.84 Å². The molecule has 3 aromatic rings. The third kappa shape index (κ3) is 8.29. The van der Waals surface area contributed by atoms with Crippen LogP contribution in [0.15, 0.2) is 60.7 Å². The van der Waals surface area contributed by atoms with Crippen LogP contribution in [0.25, 0.3) is 11.1 Å². The predicted octanol–water partition coefficient (Wildman–Crippen LogP) is 5.40. The van der Waals surface area contributed by atoms with Crippen LogP contribution in [-0.4, -0.2) is 41.0 Å². The van der Waals surface area contributed by atoms with Gasteiger partial charge in [0.2, 0.25) is 0 Å². The summed E-state index contributed by atoms with van der Waals surface area (Å²) in [6, 6.07) is 18.9. The molecule has 6 nitrogen and oxygen atoms in total. The van der Waals surface area contributed by atoms with E-state index in [1.807, 2.05) is 32.9 Å². The number of β-amino-alcohol motifs (C(OH)–C–C–N with tert-alkyl or cyclic N) is 1. The smallest absolute Gasteiger partial charge is 0.335 e. The molecular weight excluding hydrogens is 495 g/mol. The van der Waals surface area contributed by atoms with Gasteiger partial charge in [-0.15, -0.1) is 12.4 Å². The van der Waals surface area contributed by atoms with Crippen molar-refractivity contribution in [2.45, 2.75) is 45.3 Å². The van der Waals surface area contributed by atoms with E-state index < -0.39 is 17.6 Å². The second kappa shape index (κ2) is 13.2. The lowest BCUT2D eigenvalue weighted by molar-refractivity contribution is 0.0697. The van der Waals surface area contributed by atoms with Crippen LogP contribution in [0.3, 0.4) is 0 Å². The summed E-state index contributed by atoms with van der Waals surface area (Å²) in [7, 11) is 0. The number of nitriles is 1. The number of benzene rings is 3. The molecule has 196 valence electrons. The van der Waals surface area contributed by atoms with Gasteiger partial charge in [0.25, 0.3) is 0 Å². The molecule has 3 aromatic carbocycles. The van der Waals surface area contributed by atoms with Crippen molar-refractivity contribution in [3.8, 4) is 22.9 Å². The molecule has 0 aromatic heterocycles. The van der Waals surface area contributed by atoms with Crippen LogP contribution in [0.1, 0.15) is 47.8 Å². The highest BCUT2D eigenvalue weighted by Gasteiger charge is 2.21. The van der Waals surface area contributed by atoms with E-state index in [-0.39, 0.29) is 36.9 Å². The number of rotatable bonds is 11. The van der Waals surface area contributed by atoms with E-state index in [1.165, 1.54) is 12.1 Å². The number of carboxylic acids is 1. The first-order valence-electron chi connectivity index (χ1n) is 11.8. The fourth-order valence-corrected chi connectivity index (χ4v) is 3.85. The molecule has 0 saturated heterocycles. The van der Waals surface area contributed by atoms with E-state index in [0.717, 1.165) is 23.1 Å². The monoisotopic (exact) mass is 526 g/mol. The summed E-state index contributed by atoms with van der Waals surface area (Å²) in [5, 5.41) is 32.3. The largest absolute Gasteiger partial charge is 0.489 e. The molecule has 1 atom stereocenters. The Hall–Kier alpha value is -3.44. The zero-order valence-corrected chi connectivity index (χ0v) is 21.9. The number of aromatic carboxylic acids is 1. The zero-order chi connectivity index (χ0) is 26.3. The third-order valence-electron chi connectivity index (χ3n) is 5.97. The number of carbonyl (C=O) groups is 1. The lowest BCUT2D eigenvalue weighted by atomic mass is 9.93. The minimum Gasteiger partial charge on any atom is -0.489 e. The van der Waals surface area contributed by atoms with Crippen LogP contribution in [0.5, 0.6) is 5.75 Å². The minimum absolute atomic E-state index is 0. The van der Waals surface area contributed by atoms with E-state index in [2.05, 4.69) is 11.4 Å². The van der Waals surface area contributed by atoms with Crippen LogP contribution in [-0.2, 0) is 12.8 Å². The predicted molar refractivity (Wildman–Crippen MR) is 144 cm³/mol. The molecule has 8 heteroatoms. The van der Waals surface area contributed by atoms with Gasteiger partial charge in [-0.1, -0.05) is 37.3 Å². The maximum atomic E-state index is 14.4. The quantitative estimate of drug-likeness (QED) is 0.309. The number of aryl methyl sites for hydroxylation is 1. The zero-order valence-electron chi connectivity index (χ0n) is 21.1. The van der Waals surface area contributed by atoms with Crippen molar-refractivity contribution in [1.82, 2.24) is 5.32 Å². The Morgan fingerprint density at radius 2 is 1.78 bits per heavy atom. The summed E-state index contributed by atoms with van der Waals surface area (Å²) < 4.78 is 20.2. The summed E-state index contributed by atoms with van der Waals surface area (Å²) in [5.74, 6) is -0.904. The second-order valence-electron chi connectivity index (χ2n) is 9.39. The van der Waals surface area contributed by atoms with Gasteiger partial charge in [0.1, 0.15) is 30.3 Å². The number of aliphatic hydroxyl groups excluding tert-OH is 1. The number of hydrogen-bond donors (Lipinski definition) is 3. The molecule has 0 amide bonds. The molecule has 0 aliphatic rings. The van der Waals surface area contributed by atoms with Gasteiger partial charge in [0.05, 0.1) is 11.1 Å². The number of nitrogens with one attached hydrogen (secondary N) is 1. The molecule has 0 heterocycles. The molecule has 0 aliphatic carbocycles. The van der Waals surface area contributed by atoms with Crippen molar-refractivity contribution >= 4 is 18.4 Å². The molecule has 0 saturated carbocycles. The van der Waals surface area contributed by atoms with Gasteiger partial charge in [-0.05, 0) is 79.3 Å². The summed E-state index contributed by atoms with van der Waals surface area (Å²) >= 11 is 0. The van der Waals surface area contributed by atoms with Crippen LogP contribution in [0.2, 0.25) is 0 Å². The molecule has 37 heavy (non-hydrogen) atoms. The van der Waals surface area contributed by atoms with Gasteiger partial charge in [-0.3, -0.25) is 0 Å². The lowest BCUT2D eigenvalue weighted by Crippen LogP contribution is -2.46. The number of nitrogens with zero attached hydrogens (tertiary/aromatic N) is 1. The van der Waals surface area contributed by atoms with E-state index >= 15 is 0 Å². The molecule has 0 aliphatic heterocycles. The van der Waals surface area contributed by atoms with Gasteiger partial charge >= 0.3 is 5.97 Å². The Balaban J connectivity index is 0.00000481. The maximum Gasteiger partial charge on any atom is 0.335 e. The van der Waals surface area contributed by atoms with Crippen molar-refractivity contribution < 1.29 is 24.1 Å². The van der Waals surface area contributed by atoms with Gasteiger partial charge < -0.3 is 20.3 Å². The Bertz CT molecular complexity index is 1260. The van der Waals surface area contributed by atoms with Crippen molar-refractivity contribution in [3.05, 3.63) is 88.7 Å². The summed E-state index contributed by atoms with van der Waals surface area (Å²) in [5.41, 5.74) is 3.14. The van der Waals surface area contributed by atoms with Crippen LogP contribution in [0, 0.1) is 17.1 Å². The highest BCUT2D eigenvalue weighted by Crippen LogP contribution is 2.28. The molecule has 3 N–H and O–H groups in total. The summed E-state index contributed by atoms with van der Waals surface area (Å²) in [6.45, 7) is 6.05. The van der Waals surface area contributed by atoms with Crippen molar-refractivity contribution in [1.29, 1.82) is 5.26 Å². The number of carboxylic acid groups (broad SMARTS) is 1. The second-order valence-corrected chi connectivity index (χ2v) is 9.39. The van der Waals surface area contributed by atoms with Crippen molar-refractivity contribution in [2.24, 2.45) is 0 Å². The van der Waals surface area contributed by atoms with Crippen LogP contribution in [0.4, 0.5) is 4.39 Å². The minimum atomic E-state index is -1.00. The highest BCUT2D eigenvalue weighted by molar-refractivity contribution is 5.88. The standard InChI is InChI=1S/C29H31FN2O4.ClH/c1-4-19-5-6-23(26(30)13-19)15-29(2,3)32-17-25(33)18-36-27-14-22(11-12-24(27)16-31)20-7-9-21(10-8-20)28(34)35;/h5-14,25,32-33H,4,15,17-18H2,1-3H3,(H,34,35);1H/t25-;/m0./s1. The van der Waals surface area contributed by atoms with E-state index in [0.29, 0.717) is 23.3 Å². The normalized spacial score (nSPS) is 11.8. The molecule has 0 spiro atoms. The Kier molecular flexibility index (Phi) is 10.6. The summed E-state index contributed by atoms with van der Waals surface area (Å²) in [4.78, 5) is 11.1. The molecule has 3 rings (SSSR count). The van der Waals surface area contributed by atoms with E-state index in [9.17, 15) is 19.6 Å². The van der Waals surface area contributed by atoms with E-state index in [1.54, 1.807) is 36.4 Å². The number of ether oxygens (including phenoxy) is 1. The fourth-order valence-electron chi connectivity index (χ4n) is 3.85. The van der Waals surface area contributed by atoms with Crippen molar-refractivity contribution in [2.75, 3.05) is 13.2 Å². The Morgan fingerprint density at radius 1 is 1.11 bits per heavy atom. The summed E-state index contributed by atoms with van der Waals surface area (Å²) in [6.07, 6.45) is 0.373. The van der Waals surface area contributed by atoms with Crippen molar-refractivity contribution in [3.63, 3.8) is 0 Å². The number of halogens is 2. The lowest BCUT2D eigenvalue weighted by Gasteiger charge is -2.28. The molecular formula is C29H32ClFN2O4. The Labute approximate surface area is 223 Å². The SMILES string of the molecule is CCc1ccc(CC(C)(C)NC[C@H](O)COc2cc(-c3ccc(C(=O)O)cc3)ccc2C#N)c(F)c1.Cl. The highest BCUT2D eigenvalue weighted by atomic mass is 35.5. The van der Waals surface area contributed by atoms with Gasteiger partial charge in [0.15, 0.2) is 0 Å². The van der Waals surface area contributed by atoms with Gasteiger partial charge in [-0.2, -0.15) is 5.26 Å². The topological polar surface area (TPSA) is 103 Å². The third-order valence-corrected chi connectivity index (χ3v) is 5.97. The molecule has 0 unspecified atom stereocenters. The van der Waals surface area contributed by atoms with Crippen LogP contribution < -0.4 is 10.1 Å². The first-order chi connectivity index (χ1) is 17.1. The first kappa shape index (κ1) is 29.8. The Morgan fingerprint density at radius 3 is 2.38 bits per heavy atom. The molecule has 0 fully saturated rings. The average molecular weight is 527 g/mol. The van der Waals surface area contributed by atoms with Gasteiger partial charge in [-0.25, -0.2) is 9.18 Å². The molecule has 0 bridgehead atoms. The van der Waals surface area contributed by atoms with Gasteiger partial charge in [0, 0.05) is 12.1 Å². The fraction of sp³-hybridized carbons (Fsp3) is 0.310.